The number of nitrogens with zero attached hydrogens (tertiary/aromatic N) is 3. The van der Waals surface area contributed by atoms with Crippen LogP contribution in [0.4, 0.5) is 10.1 Å². The topological polar surface area (TPSA) is 71.6 Å². The highest BCUT2D eigenvalue weighted by Gasteiger charge is 2.47. The van der Waals surface area contributed by atoms with Crippen LogP contribution in [0.1, 0.15) is 11.6 Å². The number of hydroxylamine groups is 2. The molecule has 0 spiro atoms. The number of ether oxygens (including phenoxy) is 2. The van der Waals surface area contributed by atoms with Gasteiger partial charge in [0.25, 0.3) is 0 Å². The average Bonchev–Trinajstić information content (AvgIpc) is 3.20. The average molecular weight is 466 g/mol. The molecule has 0 unspecified atom stereocenters. The summed E-state index contributed by atoms with van der Waals surface area (Å²) >= 11 is 0. The number of rotatable bonds is 6. The van der Waals surface area contributed by atoms with Gasteiger partial charge in [-0.15, -0.1) is 0 Å². The molecule has 2 saturated heterocycles. The molecular formula is C22H28FN3O5S. The number of methoxy groups -OCH3 is 2. The van der Waals surface area contributed by atoms with Gasteiger partial charge >= 0.3 is 0 Å². The van der Waals surface area contributed by atoms with Gasteiger partial charge in [-0.25, -0.2) is 12.8 Å². The van der Waals surface area contributed by atoms with Crippen LogP contribution in [0.5, 0.6) is 11.5 Å². The fourth-order valence-corrected chi connectivity index (χ4v) is 6.40. The van der Waals surface area contributed by atoms with Gasteiger partial charge in [0, 0.05) is 38.8 Å². The fourth-order valence-electron chi connectivity index (χ4n) is 4.47. The number of piperazine rings is 1. The molecule has 0 N–H and O–H groups in total. The summed E-state index contributed by atoms with van der Waals surface area (Å²) in [5.41, 5.74) is 1.18. The molecule has 2 fully saturated rings. The van der Waals surface area contributed by atoms with E-state index in [4.69, 9.17) is 14.3 Å². The summed E-state index contributed by atoms with van der Waals surface area (Å²) in [7, 11) is 1.09. The molecule has 0 saturated carbocycles. The largest absolute Gasteiger partial charge is 0.493 e. The van der Waals surface area contributed by atoms with Crippen molar-refractivity contribution in [2.75, 3.05) is 59.0 Å². The Labute approximate surface area is 188 Å². The standard InChI is InChI=1S/C22H28FN3O5S/c1-24-21(16-7-6-10-19(29-2)22(16)30-3)20(15-31-24)32(27,28)26-13-11-25(12-14-26)18-9-5-4-8-17(18)23/h4-10,20-21H,11-15H2,1-3H3/t20-,21+/m0/s1. The fraction of sp³-hybridized carbons (Fsp3) is 0.455. The molecular weight excluding hydrogens is 437 g/mol. The first kappa shape index (κ1) is 22.8. The minimum atomic E-state index is -3.70. The minimum absolute atomic E-state index is 0.0391. The van der Waals surface area contributed by atoms with Gasteiger partial charge in [0.1, 0.15) is 11.1 Å². The monoisotopic (exact) mass is 465 g/mol. The molecule has 2 aromatic rings. The molecule has 2 heterocycles. The molecule has 0 amide bonds. The number of halogens is 1. The summed E-state index contributed by atoms with van der Waals surface area (Å²) < 4.78 is 53.8. The van der Waals surface area contributed by atoms with Crippen LogP contribution in [0.25, 0.3) is 0 Å². The zero-order valence-electron chi connectivity index (χ0n) is 18.4. The second-order valence-electron chi connectivity index (χ2n) is 7.79. The van der Waals surface area contributed by atoms with E-state index in [0.29, 0.717) is 35.8 Å². The molecule has 0 aromatic heterocycles. The first-order chi connectivity index (χ1) is 15.4. The summed E-state index contributed by atoms with van der Waals surface area (Å²) in [6.07, 6.45) is 0. The number of para-hydroxylation sites is 2. The van der Waals surface area contributed by atoms with Gasteiger partial charge in [0.2, 0.25) is 10.0 Å². The maximum Gasteiger partial charge on any atom is 0.221 e. The second kappa shape index (κ2) is 9.22. The van der Waals surface area contributed by atoms with Gasteiger partial charge in [-0.2, -0.15) is 9.37 Å². The van der Waals surface area contributed by atoms with Crippen molar-refractivity contribution in [2.45, 2.75) is 11.3 Å². The minimum Gasteiger partial charge on any atom is -0.493 e. The summed E-state index contributed by atoms with van der Waals surface area (Å²) in [6, 6.07) is 11.4. The molecule has 0 bridgehead atoms. The van der Waals surface area contributed by atoms with E-state index in [1.807, 2.05) is 11.0 Å². The van der Waals surface area contributed by atoms with E-state index >= 15 is 0 Å². The smallest absolute Gasteiger partial charge is 0.221 e. The van der Waals surface area contributed by atoms with Gasteiger partial charge in [-0.1, -0.05) is 24.3 Å². The van der Waals surface area contributed by atoms with Crippen molar-refractivity contribution in [3.63, 3.8) is 0 Å². The van der Waals surface area contributed by atoms with E-state index in [-0.39, 0.29) is 25.5 Å². The van der Waals surface area contributed by atoms with Crippen LogP contribution in [-0.4, -0.2) is 77.1 Å². The molecule has 10 heteroatoms. The number of hydrogen-bond acceptors (Lipinski definition) is 7. The van der Waals surface area contributed by atoms with Gasteiger partial charge in [-0.05, 0) is 18.2 Å². The van der Waals surface area contributed by atoms with E-state index in [1.165, 1.54) is 17.5 Å². The van der Waals surface area contributed by atoms with Crippen LogP contribution in [0, 0.1) is 5.82 Å². The zero-order valence-corrected chi connectivity index (χ0v) is 19.2. The third kappa shape index (κ3) is 4.03. The lowest BCUT2D eigenvalue weighted by molar-refractivity contribution is -0.110. The van der Waals surface area contributed by atoms with Gasteiger partial charge in [0.05, 0.1) is 32.6 Å². The van der Waals surface area contributed by atoms with Crippen molar-refractivity contribution in [1.82, 2.24) is 9.37 Å². The number of benzene rings is 2. The van der Waals surface area contributed by atoms with Crippen LogP contribution < -0.4 is 14.4 Å². The predicted octanol–water partition coefficient (Wildman–Crippen LogP) is 2.28. The van der Waals surface area contributed by atoms with Crippen LogP contribution in [0.2, 0.25) is 0 Å². The third-order valence-corrected chi connectivity index (χ3v) is 8.36. The Morgan fingerprint density at radius 3 is 2.38 bits per heavy atom. The van der Waals surface area contributed by atoms with Crippen molar-refractivity contribution in [3.8, 4) is 11.5 Å². The van der Waals surface area contributed by atoms with Gasteiger partial charge < -0.3 is 14.4 Å². The summed E-state index contributed by atoms with van der Waals surface area (Å²) in [4.78, 5) is 7.54. The number of hydrogen-bond donors (Lipinski definition) is 0. The summed E-state index contributed by atoms with van der Waals surface area (Å²) in [6.45, 7) is 1.42. The predicted molar refractivity (Wildman–Crippen MR) is 119 cm³/mol. The van der Waals surface area contributed by atoms with Crippen LogP contribution in [-0.2, 0) is 14.9 Å². The van der Waals surface area contributed by atoms with E-state index in [0.717, 1.165) is 0 Å². The lowest BCUT2D eigenvalue weighted by atomic mass is 10.0. The third-order valence-electron chi connectivity index (χ3n) is 6.11. The zero-order chi connectivity index (χ0) is 22.9. The lowest BCUT2D eigenvalue weighted by Gasteiger charge is -2.37. The molecule has 8 nitrogen and oxygen atoms in total. The highest BCUT2D eigenvalue weighted by molar-refractivity contribution is 7.89. The first-order valence-corrected chi connectivity index (χ1v) is 11.9. The van der Waals surface area contributed by atoms with Crippen molar-refractivity contribution in [3.05, 3.63) is 53.8 Å². The van der Waals surface area contributed by atoms with Crippen molar-refractivity contribution in [2.24, 2.45) is 0 Å². The maximum absolute atomic E-state index is 14.1. The molecule has 2 aromatic carbocycles. The van der Waals surface area contributed by atoms with E-state index in [9.17, 15) is 12.8 Å². The Kier molecular flexibility index (Phi) is 6.57. The van der Waals surface area contributed by atoms with E-state index in [1.54, 1.807) is 49.6 Å². The Balaban J connectivity index is 1.57. The second-order valence-corrected chi connectivity index (χ2v) is 9.94. The van der Waals surface area contributed by atoms with Crippen molar-refractivity contribution < 1.29 is 27.1 Å². The van der Waals surface area contributed by atoms with Crippen LogP contribution >= 0.6 is 0 Å². The van der Waals surface area contributed by atoms with E-state index in [2.05, 4.69) is 0 Å². The Morgan fingerprint density at radius 2 is 1.72 bits per heavy atom. The lowest BCUT2D eigenvalue weighted by Crippen LogP contribution is -2.52. The van der Waals surface area contributed by atoms with E-state index < -0.39 is 21.3 Å². The van der Waals surface area contributed by atoms with Crippen molar-refractivity contribution in [1.29, 1.82) is 0 Å². The van der Waals surface area contributed by atoms with Crippen LogP contribution in [0.3, 0.4) is 0 Å². The maximum atomic E-state index is 14.1. The molecule has 2 aliphatic heterocycles. The van der Waals surface area contributed by atoms with Crippen molar-refractivity contribution >= 4 is 15.7 Å². The molecule has 2 atom stereocenters. The molecule has 32 heavy (non-hydrogen) atoms. The Morgan fingerprint density at radius 1 is 1.00 bits per heavy atom. The molecule has 174 valence electrons. The summed E-state index contributed by atoms with van der Waals surface area (Å²) in [5, 5.41) is 0.753. The number of sulfonamides is 1. The van der Waals surface area contributed by atoms with Gasteiger partial charge in [-0.3, -0.25) is 4.84 Å². The Hall–Kier alpha value is -2.40. The number of anilines is 1. The first-order valence-electron chi connectivity index (χ1n) is 10.4. The molecule has 0 radical (unpaired) electrons. The normalized spacial score (nSPS) is 22.8. The quantitative estimate of drug-likeness (QED) is 0.648. The van der Waals surface area contributed by atoms with Gasteiger partial charge in [0.15, 0.2) is 11.5 Å². The highest BCUT2D eigenvalue weighted by atomic mass is 32.2. The SMILES string of the molecule is COc1cccc([C@@H]2[C@@H](S(=O)(=O)N3CCN(c4ccccc4F)CC3)CON2C)c1OC. The molecule has 0 aliphatic carbocycles. The molecule has 4 rings (SSSR count). The summed E-state index contributed by atoms with van der Waals surface area (Å²) in [5.74, 6) is 0.710. The van der Waals surface area contributed by atoms with Crippen LogP contribution in [0.15, 0.2) is 42.5 Å². The Bertz CT molecular complexity index is 1060. The molecule has 2 aliphatic rings. The highest BCUT2D eigenvalue weighted by Crippen LogP contribution is 2.43.